The van der Waals surface area contributed by atoms with E-state index in [2.05, 4.69) is 47.6 Å². The van der Waals surface area contributed by atoms with Crippen molar-refractivity contribution in [3.63, 3.8) is 0 Å². The van der Waals surface area contributed by atoms with E-state index in [-0.39, 0.29) is 0 Å². The molecule has 1 aromatic heterocycles. The van der Waals surface area contributed by atoms with Gasteiger partial charge in [-0.2, -0.15) is 11.8 Å². The van der Waals surface area contributed by atoms with Crippen LogP contribution in [0.2, 0.25) is 0 Å². The number of nitrogens with one attached hydrogen (secondary N) is 1. The van der Waals surface area contributed by atoms with Crippen molar-refractivity contribution in [3.8, 4) is 0 Å². The molecule has 4 heteroatoms. The molecule has 0 saturated heterocycles. The standard InChI is InChI=1S/C13H23N3S/c1-11(6-8-17-4)16(3)13-9-12(10-14-2)5-7-15-13/h5,7,9,11,14H,6,8,10H2,1-4H3. The molecule has 0 amide bonds. The normalized spacial score (nSPS) is 12.5. The van der Waals surface area contributed by atoms with Gasteiger partial charge < -0.3 is 10.2 Å². The van der Waals surface area contributed by atoms with Crippen LogP contribution in [-0.2, 0) is 6.54 Å². The van der Waals surface area contributed by atoms with E-state index >= 15 is 0 Å². The van der Waals surface area contributed by atoms with Crippen molar-refractivity contribution in [1.82, 2.24) is 10.3 Å². The van der Waals surface area contributed by atoms with E-state index in [1.54, 1.807) is 0 Å². The quantitative estimate of drug-likeness (QED) is 0.807. The minimum atomic E-state index is 0.528. The van der Waals surface area contributed by atoms with Gasteiger partial charge in [0.1, 0.15) is 5.82 Å². The second-order valence-corrected chi connectivity index (χ2v) is 5.28. The van der Waals surface area contributed by atoms with Crippen LogP contribution in [0.1, 0.15) is 18.9 Å². The third-order valence-electron chi connectivity index (χ3n) is 2.95. The molecule has 0 aliphatic carbocycles. The minimum Gasteiger partial charge on any atom is -0.357 e. The van der Waals surface area contributed by atoms with Crippen LogP contribution in [0.4, 0.5) is 5.82 Å². The van der Waals surface area contributed by atoms with Gasteiger partial charge in [0, 0.05) is 25.8 Å². The number of nitrogens with zero attached hydrogens (tertiary/aromatic N) is 2. The lowest BCUT2D eigenvalue weighted by atomic mass is 10.2. The Morgan fingerprint density at radius 3 is 2.94 bits per heavy atom. The maximum Gasteiger partial charge on any atom is 0.128 e. The molecule has 1 atom stereocenters. The Hall–Kier alpha value is -0.740. The fourth-order valence-electron chi connectivity index (χ4n) is 1.68. The Balaban J connectivity index is 2.66. The number of rotatable bonds is 7. The zero-order chi connectivity index (χ0) is 12.7. The van der Waals surface area contributed by atoms with Gasteiger partial charge in [0.05, 0.1) is 0 Å². The molecule has 0 radical (unpaired) electrons. The van der Waals surface area contributed by atoms with Crippen molar-refractivity contribution in [3.05, 3.63) is 23.9 Å². The first-order valence-electron chi connectivity index (χ1n) is 6.00. The van der Waals surface area contributed by atoms with Gasteiger partial charge in [0.2, 0.25) is 0 Å². The van der Waals surface area contributed by atoms with Gasteiger partial charge in [-0.1, -0.05) is 0 Å². The van der Waals surface area contributed by atoms with Gasteiger partial charge >= 0.3 is 0 Å². The Labute approximate surface area is 109 Å². The van der Waals surface area contributed by atoms with E-state index in [1.807, 2.05) is 25.0 Å². The van der Waals surface area contributed by atoms with Gasteiger partial charge in [0.15, 0.2) is 0 Å². The Kier molecular flexibility index (Phi) is 6.37. The summed E-state index contributed by atoms with van der Waals surface area (Å²) in [5.74, 6) is 2.26. The monoisotopic (exact) mass is 253 g/mol. The van der Waals surface area contributed by atoms with E-state index in [1.165, 1.54) is 17.7 Å². The van der Waals surface area contributed by atoms with Crippen LogP contribution >= 0.6 is 11.8 Å². The predicted molar refractivity (Wildman–Crippen MR) is 77.9 cm³/mol. The first-order chi connectivity index (χ1) is 8.19. The maximum atomic E-state index is 4.44. The SMILES string of the molecule is CNCc1ccnc(N(C)C(C)CCSC)c1. The molecule has 3 nitrogen and oxygen atoms in total. The Bertz CT molecular complexity index is 330. The second-order valence-electron chi connectivity index (χ2n) is 4.29. The number of hydrogen-bond donors (Lipinski definition) is 1. The van der Waals surface area contributed by atoms with Crippen molar-refractivity contribution >= 4 is 17.6 Å². The lowest BCUT2D eigenvalue weighted by Gasteiger charge is -2.26. The molecular weight excluding hydrogens is 230 g/mol. The topological polar surface area (TPSA) is 28.2 Å². The average Bonchev–Trinajstić information content (AvgIpc) is 2.35. The molecule has 1 rings (SSSR count). The number of aromatic nitrogens is 1. The average molecular weight is 253 g/mol. The van der Waals surface area contributed by atoms with Crippen molar-refractivity contribution in [1.29, 1.82) is 0 Å². The summed E-state index contributed by atoms with van der Waals surface area (Å²) in [4.78, 5) is 6.70. The lowest BCUT2D eigenvalue weighted by Crippen LogP contribution is -2.30. The van der Waals surface area contributed by atoms with Crippen molar-refractivity contribution in [2.75, 3.05) is 31.0 Å². The predicted octanol–water partition coefficient (Wildman–Crippen LogP) is 2.38. The molecule has 1 unspecified atom stereocenters. The molecule has 1 N–H and O–H groups in total. The molecule has 0 fully saturated rings. The summed E-state index contributed by atoms with van der Waals surface area (Å²) >= 11 is 1.90. The molecule has 96 valence electrons. The maximum absolute atomic E-state index is 4.44. The van der Waals surface area contributed by atoms with Crippen LogP contribution in [0.3, 0.4) is 0 Å². The van der Waals surface area contributed by atoms with Crippen molar-refractivity contribution < 1.29 is 0 Å². The van der Waals surface area contributed by atoms with Crippen LogP contribution in [0, 0.1) is 0 Å². The largest absolute Gasteiger partial charge is 0.357 e. The first-order valence-corrected chi connectivity index (χ1v) is 7.39. The summed E-state index contributed by atoms with van der Waals surface area (Å²) in [5, 5.41) is 3.16. The minimum absolute atomic E-state index is 0.528. The van der Waals surface area contributed by atoms with Crippen molar-refractivity contribution in [2.24, 2.45) is 0 Å². The summed E-state index contributed by atoms with van der Waals surface area (Å²) in [7, 11) is 4.08. The van der Waals surface area contributed by atoms with Crippen LogP contribution in [0.5, 0.6) is 0 Å². The molecule has 17 heavy (non-hydrogen) atoms. The third kappa shape index (κ3) is 4.56. The van der Waals surface area contributed by atoms with Gasteiger partial charge in [-0.15, -0.1) is 0 Å². The highest BCUT2D eigenvalue weighted by Crippen LogP contribution is 2.16. The molecule has 1 aromatic rings. The number of hydrogen-bond acceptors (Lipinski definition) is 4. The molecule has 0 spiro atoms. The fourth-order valence-corrected chi connectivity index (χ4v) is 2.25. The van der Waals surface area contributed by atoms with E-state index < -0.39 is 0 Å². The highest BCUT2D eigenvalue weighted by Gasteiger charge is 2.10. The lowest BCUT2D eigenvalue weighted by molar-refractivity contribution is 0.661. The summed E-state index contributed by atoms with van der Waals surface area (Å²) in [5.41, 5.74) is 1.28. The van der Waals surface area contributed by atoms with Crippen molar-refractivity contribution in [2.45, 2.75) is 25.9 Å². The highest BCUT2D eigenvalue weighted by atomic mass is 32.2. The first kappa shape index (κ1) is 14.3. The summed E-state index contributed by atoms with van der Waals surface area (Å²) in [6.45, 7) is 3.14. The van der Waals surface area contributed by atoms with Gasteiger partial charge in [-0.05, 0) is 50.1 Å². The highest BCUT2D eigenvalue weighted by molar-refractivity contribution is 7.98. The zero-order valence-corrected chi connectivity index (χ0v) is 12.0. The van der Waals surface area contributed by atoms with E-state index in [0.717, 1.165) is 12.4 Å². The van der Waals surface area contributed by atoms with E-state index in [4.69, 9.17) is 0 Å². The number of thioether (sulfide) groups is 1. The van der Waals surface area contributed by atoms with Gasteiger partial charge in [0.25, 0.3) is 0 Å². The third-order valence-corrected chi connectivity index (χ3v) is 3.60. The van der Waals surface area contributed by atoms with E-state index in [9.17, 15) is 0 Å². The summed E-state index contributed by atoms with van der Waals surface area (Å²) in [6, 6.07) is 4.74. The molecule has 0 aliphatic heterocycles. The van der Waals surface area contributed by atoms with Crippen LogP contribution in [0.15, 0.2) is 18.3 Å². The Morgan fingerprint density at radius 1 is 1.53 bits per heavy atom. The summed E-state index contributed by atoms with van der Waals surface area (Å²) in [6.07, 6.45) is 5.23. The Morgan fingerprint density at radius 2 is 2.29 bits per heavy atom. The molecule has 1 heterocycles. The number of pyridine rings is 1. The summed E-state index contributed by atoms with van der Waals surface area (Å²) < 4.78 is 0. The van der Waals surface area contributed by atoms with E-state index in [0.29, 0.717) is 6.04 Å². The molecule has 0 saturated carbocycles. The van der Waals surface area contributed by atoms with Crippen LogP contribution in [0.25, 0.3) is 0 Å². The molecular formula is C13H23N3S. The smallest absolute Gasteiger partial charge is 0.128 e. The number of anilines is 1. The second kappa shape index (κ2) is 7.56. The molecule has 0 aromatic carbocycles. The van der Waals surface area contributed by atoms with Crippen LogP contribution < -0.4 is 10.2 Å². The van der Waals surface area contributed by atoms with Gasteiger partial charge in [-0.25, -0.2) is 4.98 Å². The fraction of sp³-hybridized carbons (Fsp3) is 0.615. The van der Waals surface area contributed by atoms with Crippen LogP contribution in [-0.4, -0.2) is 37.1 Å². The molecule has 0 aliphatic rings. The van der Waals surface area contributed by atoms with Gasteiger partial charge in [-0.3, -0.25) is 0 Å². The zero-order valence-electron chi connectivity index (χ0n) is 11.2. The molecule has 0 bridgehead atoms.